The lowest BCUT2D eigenvalue weighted by Gasteiger charge is -2.20. The van der Waals surface area contributed by atoms with Crippen LogP contribution in [0.4, 0.5) is 0 Å². The number of nitrogens with zero attached hydrogens (tertiary/aromatic N) is 2. The van der Waals surface area contributed by atoms with Crippen molar-refractivity contribution in [2.45, 2.75) is 30.5 Å². The molecule has 2 nitrogen and oxygen atoms in total. The van der Waals surface area contributed by atoms with Gasteiger partial charge in [0.05, 0.1) is 5.56 Å². The van der Waals surface area contributed by atoms with E-state index in [1.165, 1.54) is 0 Å². The van der Waals surface area contributed by atoms with E-state index in [4.69, 9.17) is 16.9 Å². The highest BCUT2D eigenvalue weighted by atomic mass is 35.5. The van der Waals surface area contributed by atoms with E-state index >= 15 is 0 Å². The zero-order valence-electron chi connectivity index (χ0n) is 9.04. The van der Waals surface area contributed by atoms with Crippen molar-refractivity contribution in [3.8, 4) is 6.07 Å². The normalized spacial score (nSPS) is 11.1. The van der Waals surface area contributed by atoms with E-state index in [9.17, 15) is 0 Å². The first-order valence-corrected chi connectivity index (χ1v) is 5.96. The fraction of sp³-hybridized carbons (Fsp3) is 0.455. The van der Waals surface area contributed by atoms with Crippen LogP contribution >= 0.6 is 23.4 Å². The number of hydrogen-bond acceptors (Lipinski definition) is 3. The van der Waals surface area contributed by atoms with E-state index in [2.05, 4.69) is 11.1 Å². The maximum atomic E-state index is 8.94. The maximum Gasteiger partial charge on any atom is 0.115 e. The molecule has 0 radical (unpaired) electrons. The number of rotatable bonds is 3. The topological polar surface area (TPSA) is 36.7 Å². The van der Waals surface area contributed by atoms with Crippen molar-refractivity contribution in [1.82, 2.24) is 4.98 Å². The van der Waals surface area contributed by atoms with Gasteiger partial charge in [-0.2, -0.15) is 5.26 Å². The molecule has 0 saturated carbocycles. The molecule has 0 aromatic carbocycles. The van der Waals surface area contributed by atoms with Gasteiger partial charge < -0.3 is 0 Å². The van der Waals surface area contributed by atoms with Crippen molar-refractivity contribution in [2.75, 3.05) is 5.88 Å². The van der Waals surface area contributed by atoms with Crippen LogP contribution in [0.3, 0.4) is 0 Å². The molecule has 80 valence electrons. The van der Waals surface area contributed by atoms with Gasteiger partial charge in [-0.05, 0) is 32.9 Å². The Bertz CT molecular complexity index is 396. The van der Waals surface area contributed by atoms with Gasteiger partial charge in [-0.25, -0.2) is 4.98 Å². The summed E-state index contributed by atoms with van der Waals surface area (Å²) in [7, 11) is 0. The molecule has 0 aliphatic heterocycles. The van der Waals surface area contributed by atoms with E-state index in [-0.39, 0.29) is 4.75 Å². The summed E-state index contributed by atoms with van der Waals surface area (Å²) >= 11 is 7.39. The van der Waals surface area contributed by atoms with Crippen LogP contribution in [0.25, 0.3) is 0 Å². The lowest BCUT2D eigenvalue weighted by Crippen LogP contribution is -2.17. The lowest BCUT2D eigenvalue weighted by atomic mass is 10.2. The van der Waals surface area contributed by atoms with Crippen LogP contribution in [0, 0.1) is 18.3 Å². The fourth-order valence-electron chi connectivity index (χ4n) is 0.985. The van der Waals surface area contributed by atoms with Crippen LogP contribution in [0.15, 0.2) is 17.2 Å². The van der Waals surface area contributed by atoms with Crippen LogP contribution < -0.4 is 0 Å². The molecular weight excluding hydrogens is 228 g/mol. The number of aryl methyl sites for hydroxylation is 1. The molecular formula is C11H13ClN2S. The van der Waals surface area contributed by atoms with Crippen molar-refractivity contribution in [2.24, 2.45) is 0 Å². The molecule has 0 amide bonds. The van der Waals surface area contributed by atoms with Crippen LogP contribution in [0.2, 0.25) is 0 Å². The fourth-order valence-corrected chi connectivity index (χ4v) is 2.14. The Labute approximate surface area is 99.7 Å². The average molecular weight is 241 g/mol. The molecule has 1 aromatic heterocycles. The summed E-state index contributed by atoms with van der Waals surface area (Å²) in [5, 5.41) is 9.71. The van der Waals surface area contributed by atoms with Crippen LogP contribution in [-0.4, -0.2) is 15.6 Å². The number of hydrogen-bond donors (Lipinski definition) is 0. The molecule has 0 aliphatic carbocycles. The second kappa shape index (κ2) is 4.87. The van der Waals surface area contributed by atoms with Crippen LogP contribution in [0.1, 0.15) is 25.1 Å². The average Bonchev–Trinajstić information content (AvgIpc) is 2.18. The second-order valence-corrected chi connectivity index (χ2v) is 5.88. The zero-order valence-corrected chi connectivity index (χ0v) is 10.6. The first-order chi connectivity index (χ1) is 6.98. The highest BCUT2D eigenvalue weighted by Crippen LogP contribution is 2.33. The van der Waals surface area contributed by atoms with Crippen molar-refractivity contribution < 1.29 is 0 Å². The Morgan fingerprint density at radius 2 is 2.20 bits per heavy atom. The summed E-state index contributed by atoms with van der Waals surface area (Å²) in [5.41, 5.74) is 1.53. The van der Waals surface area contributed by atoms with Gasteiger partial charge in [0.25, 0.3) is 0 Å². The molecule has 15 heavy (non-hydrogen) atoms. The molecule has 0 unspecified atom stereocenters. The Balaban J connectivity index is 3.04. The quantitative estimate of drug-likeness (QED) is 0.601. The van der Waals surface area contributed by atoms with Crippen LogP contribution in [-0.2, 0) is 0 Å². The number of nitriles is 1. The molecule has 0 N–H and O–H groups in total. The molecule has 0 aliphatic rings. The molecule has 1 rings (SSSR count). The van der Waals surface area contributed by atoms with E-state index < -0.39 is 0 Å². The third kappa shape index (κ3) is 3.40. The number of thioether (sulfide) groups is 1. The third-order valence-electron chi connectivity index (χ3n) is 1.81. The van der Waals surface area contributed by atoms with Crippen molar-refractivity contribution >= 4 is 23.4 Å². The van der Waals surface area contributed by atoms with Gasteiger partial charge in [0.1, 0.15) is 11.1 Å². The number of halogens is 1. The highest BCUT2D eigenvalue weighted by Gasteiger charge is 2.20. The Morgan fingerprint density at radius 1 is 1.53 bits per heavy atom. The first-order valence-electron chi connectivity index (χ1n) is 4.61. The summed E-state index contributed by atoms with van der Waals surface area (Å²) < 4.78 is -0.103. The largest absolute Gasteiger partial charge is 0.245 e. The molecule has 0 saturated heterocycles. The molecule has 0 bridgehead atoms. The first kappa shape index (κ1) is 12.4. The number of alkyl halides is 1. The summed E-state index contributed by atoms with van der Waals surface area (Å²) in [6, 6.07) is 5.79. The van der Waals surface area contributed by atoms with Crippen molar-refractivity contribution in [3.63, 3.8) is 0 Å². The Kier molecular flexibility index (Phi) is 4.01. The second-order valence-electron chi connectivity index (χ2n) is 3.91. The SMILES string of the molecule is Cc1ccc(C#N)c(SC(C)(C)CCl)n1. The maximum absolute atomic E-state index is 8.94. The predicted molar refractivity (Wildman–Crippen MR) is 64.3 cm³/mol. The third-order valence-corrected chi connectivity index (χ3v) is 3.84. The van der Waals surface area contributed by atoms with Gasteiger partial charge in [-0.15, -0.1) is 11.6 Å². The minimum absolute atomic E-state index is 0.103. The Morgan fingerprint density at radius 3 is 2.73 bits per heavy atom. The van der Waals surface area contributed by atoms with Gasteiger partial charge >= 0.3 is 0 Å². The Hall–Kier alpha value is -0.720. The minimum Gasteiger partial charge on any atom is -0.245 e. The molecule has 0 atom stereocenters. The van der Waals surface area contributed by atoms with Gasteiger partial charge in [0.2, 0.25) is 0 Å². The van der Waals surface area contributed by atoms with E-state index in [1.807, 2.05) is 26.8 Å². The standard InChI is InChI=1S/C11H13ClN2S/c1-8-4-5-9(6-13)10(14-8)15-11(2,3)7-12/h4-5H,7H2,1-3H3. The number of aromatic nitrogens is 1. The number of pyridine rings is 1. The van der Waals surface area contributed by atoms with Gasteiger partial charge in [-0.1, -0.05) is 11.8 Å². The van der Waals surface area contributed by atoms with Gasteiger partial charge in [0.15, 0.2) is 0 Å². The smallest absolute Gasteiger partial charge is 0.115 e. The van der Waals surface area contributed by atoms with E-state index in [1.54, 1.807) is 17.8 Å². The monoisotopic (exact) mass is 240 g/mol. The van der Waals surface area contributed by atoms with E-state index in [0.717, 1.165) is 10.7 Å². The van der Waals surface area contributed by atoms with Gasteiger partial charge in [0, 0.05) is 16.3 Å². The summed E-state index contributed by atoms with van der Waals surface area (Å²) in [4.78, 5) is 4.36. The zero-order chi connectivity index (χ0) is 11.5. The van der Waals surface area contributed by atoms with Crippen molar-refractivity contribution in [3.05, 3.63) is 23.4 Å². The lowest BCUT2D eigenvalue weighted by molar-refractivity contribution is 0.806. The summed E-state index contributed by atoms with van der Waals surface area (Å²) in [5.74, 6) is 0.526. The van der Waals surface area contributed by atoms with Gasteiger partial charge in [-0.3, -0.25) is 0 Å². The van der Waals surface area contributed by atoms with Crippen LogP contribution in [0.5, 0.6) is 0 Å². The molecule has 0 spiro atoms. The molecule has 1 aromatic rings. The molecule has 0 fully saturated rings. The molecule has 1 heterocycles. The minimum atomic E-state index is -0.103. The van der Waals surface area contributed by atoms with Crippen molar-refractivity contribution in [1.29, 1.82) is 5.26 Å². The highest BCUT2D eigenvalue weighted by molar-refractivity contribution is 8.00. The van der Waals surface area contributed by atoms with E-state index in [0.29, 0.717) is 11.4 Å². The summed E-state index contributed by atoms with van der Waals surface area (Å²) in [6.45, 7) is 5.99. The molecule has 4 heteroatoms. The predicted octanol–water partition coefficient (Wildman–Crippen LogP) is 3.37. The summed E-state index contributed by atoms with van der Waals surface area (Å²) in [6.07, 6.45) is 0.